The van der Waals surface area contributed by atoms with Crippen LogP contribution in [0.25, 0.3) is 0 Å². The summed E-state index contributed by atoms with van der Waals surface area (Å²) < 4.78 is 27.6. The van der Waals surface area contributed by atoms with Crippen molar-refractivity contribution in [3.63, 3.8) is 0 Å². The first-order valence-corrected chi connectivity index (χ1v) is 8.68. The van der Waals surface area contributed by atoms with Crippen molar-refractivity contribution in [2.24, 2.45) is 0 Å². The highest BCUT2D eigenvalue weighted by Gasteiger charge is 2.14. The fourth-order valence-electron chi connectivity index (χ4n) is 1.76. The monoisotopic (exact) mass is 417 g/mol. The third-order valence-electron chi connectivity index (χ3n) is 2.67. The van der Waals surface area contributed by atoms with Gasteiger partial charge in [-0.3, -0.25) is 4.72 Å². The molecule has 0 saturated heterocycles. The summed E-state index contributed by atoms with van der Waals surface area (Å²) >= 11 is 2.04. The number of halogens is 1. The fourth-order valence-corrected chi connectivity index (χ4v) is 3.67. The molecule has 21 heavy (non-hydrogen) atoms. The molecule has 0 radical (unpaired) electrons. The lowest BCUT2D eigenvalue weighted by Crippen LogP contribution is -2.16. The molecule has 0 heterocycles. The average molecular weight is 417 g/mol. The minimum absolute atomic E-state index is 0.0667. The van der Waals surface area contributed by atoms with Gasteiger partial charge in [0.1, 0.15) is 0 Å². The summed E-state index contributed by atoms with van der Waals surface area (Å²) in [6, 6.07) is 12.9. The molecule has 0 amide bonds. The average Bonchev–Trinajstić information content (AvgIpc) is 2.41. The number of hydrogen-bond donors (Lipinski definition) is 2. The van der Waals surface area contributed by atoms with E-state index < -0.39 is 16.0 Å². The minimum atomic E-state index is -3.60. The topological polar surface area (TPSA) is 83.5 Å². The van der Waals surface area contributed by atoms with Gasteiger partial charge in [-0.1, -0.05) is 24.3 Å². The van der Waals surface area contributed by atoms with E-state index in [0.29, 0.717) is 11.3 Å². The molecule has 2 N–H and O–H groups in total. The van der Waals surface area contributed by atoms with Gasteiger partial charge in [0.2, 0.25) is 10.0 Å². The smallest absolute Gasteiger partial charge is 0.335 e. The molecule has 0 saturated carbocycles. The molecule has 0 spiro atoms. The third kappa shape index (κ3) is 4.43. The van der Waals surface area contributed by atoms with Crippen molar-refractivity contribution in [3.8, 4) is 0 Å². The summed E-state index contributed by atoms with van der Waals surface area (Å²) in [7, 11) is -3.60. The summed E-state index contributed by atoms with van der Waals surface area (Å²) in [6.07, 6.45) is 0. The van der Waals surface area contributed by atoms with E-state index in [4.69, 9.17) is 5.11 Å². The number of carbonyl (C=O) groups is 1. The van der Waals surface area contributed by atoms with E-state index >= 15 is 0 Å². The van der Waals surface area contributed by atoms with Crippen LogP contribution in [0.1, 0.15) is 15.9 Å². The van der Waals surface area contributed by atoms with Gasteiger partial charge in [0.15, 0.2) is 0 Å². The fraction of sp³-hybridized carbons (Fsp3) is 0.0714. The number of carboxylic acid groups (broad SMARTS) is 1. The summed E-state index contributed by atoms with van der Waals surface area (Å²) in [5, 5.41) is 8.91. The molecule has 5 nitrogen and oxygen atoms in total. The SMILES string of the molecule is O=C(O)c1cccc(CS(=O)(=O)Nc2ccccc2I)c1. The van der Waals surface area contributed by atoms with Crippen molar-refractivity contribution in [1.82, 2.24) is 0 Å². The van der Waals surface area contributed by atoms with Gasteiger partial charge in [-0.25, -0.2) is 13.2 Å². The molecule has 0 aliphatic heterocycles. The van der Waals surface area contributed by atoms with Crippen LogP contribution < -0.4 is 4.72 Å². The van der Waals surface area contributed by atoms with E-state index in [0.717, 1.165) is 3.57 Å². The lowest BCUT2D eigenvalue weighted by molar-refractivity contribution is 0.0696. The summed E-state index contributed by atoms with van der Waals surface area (Å²) in [5.74, 6) is -1.36. The first-order valence-electron chi connectivity index (χ1n) is 5.95. The van der Waals surface area contributed by atoms with E-state index in [-0.39, 0.29) is 11.3 Å². The van der Waals surface area contributed by atoms with E-state index in [1.54, 1.807) is 24.3 Å². The van der Waals surface area contributed by atoms with Crippen molar-refractivity contribution < 1.29 is 18.3 Å². The minimum Gasteiger partial charge on any atom is -0.478 e. The second-order valence-electron chi connectivity index (χ2n) is 4.35. The molecule has 0 unspecified atom stereocenters. The summed E-state index contributed by atoms with van der Waals surface area (Å²) in [4.78, 5) is 10.9. The van der Waals surface area contributed by atoms with Crippen LogP contribution >= 0.6 is 22.6 Å². The van der Waals surface area contributed by atoms with Crippen molar-refractivity contribution >= 4 is 44.3 Å². The van der Waals surface area contributed by atoms with Gasteiger partial charge >= 0.3 is 5.97 Å². The van der Waals surface area contributed by atoms with Crippen LogP contribution in [-0.4, -0.2) is 19.5 Å². The Bertz CT molecular complexity index is 774. The van der Waals surface area contributed by atoms with Crippen LogP contribution in [-0.2, 0) is 15.8 Å². The zero-order valence-electron chi connectivity index (χ0n) is 10.8. The van der Waals surface area contributed by atoms with E-state index in [1.807, 2.05) is 28.7 Å². The van der Waals surface area contributed by atoms with Crippen LogP contribution in [0.2, 0.25) is 0 Å². The molecular weight excluding hydrogens is 405 g/mol. The van der Waals surface area contributed by atoms with Crippen LogP contribution in [0.5, 0.6) is 0 Å². The number of hydrogen-bond acceptors (Lipinski definition) is 3. The number of sulfonamides is 1. The number of carboxylic acids is 1. The van der Waals surface area contributed by atoms with Gasteiger partial charge in [0.25, 0.3) is 0 Å². The second kappa shape index (κ2) is 6.44. The van der Waals surface area contributed by atoms with Gasteiger partial charge < -0.3 is 5.11 Å². The van der Waals surface area contributed by atoms with Gasteiger partial charge in [0, 0.05) is 3.57 Å². The standard InChI is InChI=1S/C14H12INO4S/c15-12-6-1-2-7-13(12)16-21(19,20)9-10-4-3-5-11(8-10)14(17)18/h1-8,16H,9H2,(H,17,18). The third-order valence-corrected chi connectivity index (χ3v) is 4.85. The normalized spacial score (nSPS) is 11.1. The molecule has 0 aliphatic carbocycles. The lowest BCUT2D eigenvalue weighted by Gasteiger charge is -2.10. The predicted molar refractivity (Wildman–Crippen MR) is 88.8 cm³/mol. The van der Waals surface area contributed by atoms with Crippen molar-refractivity contribution in [2.45, 2.75) is 5.75 Å². The zero-order chi connectivity index (χ0) is 15.5. The Morgan fingerprint density at radius 1 is 1.14 bits per heavy atom. The lowest BCUT2D eigenvalue weighted by atomic mass is 10.1. The number of nitrogens with one attached hydrogen (secondary N) is 1. The highest BCUT2D eigenvalue weighted by Crippen LogP contribution is 2.19. The molecular formula is C14H12INO4S. The first-order chi connectivity index (χ1) is 9.87. The number of rotatable bonds is 5. The Balaban J connectivity index is 2.20. The second-order valence-corrected chi connectivity index (χ2v) is 7.23. The van der Waals surface area contributed by atoms with Crippen LogP contribution in [0.4, 0.5) is 5.69 Å². The predicted octanol–water partition coefficient (Wildman–Crippen LogP) is 2.93. The van der Waals surface area contributed by atoms with Crippen molar-refractivity contribution in [3.05, 3.63) is 63.2 Å². The Hall–Kier alpha value is -1.61. The summed E-state index contributed by atoms with van der Waals surface area (Å²) in [6.45, 7) is 0. The molecule has 0 atom stereocenters. The van der Waals surface area contributed by atoms with Crippen molar-refractivity contribution in [1.29, 1.82) is 0 Å². The quantitative estimate of drug-likeness (QED) is 0.733. The maximum absolute atomic E-state index is 12.1. The number of para-hydroxylation sites is 1. The Labute approximate surface area is 136 Å². The molecule has 110 valence electrons. The summed E-state index contributed by atoms with van der Waals surface area (Å²) in [5.41, 5.74) is 0.998. The molecule has 7 heteroatoms. The molecule has 0 aliphatic rings. The Morgan fingerprint density at radius 2 is 1.86 bits per heavy atom. The highest BCUT2D eigenvalue weighted by atomic mass is 127. The van der Waals surface area contributed by atoms with E-state index in [2.05, 4.69) is 4.72 Å². The van der Waals surface area contributed by atoms with Gasteiger partial charge in [0.05, 0.1) is 17.0 Å². The largest absolute Gasteiger partial charge is 0.478 e. The van der Waals surface area contributed by atoms with Gasteiger partial charge in [-0.05, 0) is 52.4 Å². The molecule has 2 aromatic rings. The van der Waals surface area contributed by atoms with Gasteiger partial charge in [-0.15, -0.1) is 0 Å². The first kappa shape index (κ1) is 15.8. The van der Waals surface area contributed by atoms with Crippen molar-refractivity contribution in [2.75, 3.05) is 4.72 Å². The molecule has 0 fully saturated rings. The Kier molecular flexibility index (Phi) is 4.84. The number of anilines is 1. The molecule has 2 aromatic carbocycles. The maximum atomic E-state index is 12.1. The highest BCUT2D eigenvalue weighted by molar-refractivity contribution is 14.1. The molecule has 2 rings (SSSR count). The molecule has 0 aromatic heterocycles. The zero-order valence-corrected chi connectivity index (χ0v) is 13.8. The van der Waals surface area contributed by atoms with E-state index in [1.165, 1.54) is 18.2 Å². The Morgan fingerprint density at radius 3 is 2.52 bits per heavy atom. The van der Waals surface area contributed by atoms with E-state index in [9.17, 15) is 13.2 Å². The van der Waals surface area contributed by atoms with Crippen LogP contribution in [0, 0.1) is 3.57 Å². The van der Waals surface area contributed by atoms with Crippen LogP contribution in [0.3, 0.4) is 0 Å². The number of benzene rings is 2. The van der Waals surface area contributed by atoms with Crippen LogP contribution in [0.15, 0.2) is 48.5 Å². The number of aromatic carboxylic acids is 1. The van der Waals surface area contributed by atoms with Gasteiger partial charge in [-0.2, -0.15) is 0 Å². The molecule has 0 bridgehead atoms. The maximum Gasteiger partial charge on any atom is 0.335 e.